The lowest BCUT2D eigenvalue weighted by Gasteiger charge is -2.33. The van der Waals surface area contributed by atoms with Crippen LogP contribution in [0.25, 0.3) is 0 Å². The third kappa shape index (κ3) is 3.39. The minimum atomic E-state index is -4.48. The molecule has 0 aromatic rings. The molecule has 0 aliphatic carbocycles. The standard InChI is InChI=1S/C10H21O5P/c1-6-7-15-9(2,3)8(11)10(4,5)16(12,13)14/h6-7H2,1-5H3,(H2,12,13,14). The number of carbonyl (C=O) groups is 1. The minimum Gasteiger partial charge on any atom is -0.368 e. The molecular weight excluding hydrogens is 231 g/mol. The molecule has 16 heavy (non-hydrogen) atoms. The number of carbonyl (C=O) groups excluding carboxylic acids is 1. The smallest absolute Gasteiger partial charge is 0.338 e. The molecule has 0 heterocycles. The Labute approximate surface area is 96.4 Å². The molecule has 0 aromatic heterocycles. The largest absolute Gasteiger partial charge is 0.368 e. The van der Waals surface area contributed by atoms with Crippen LogP contribution in [-0.2, 0) is 14.1 Å². The lowest BCUT2D eigenvalue weighted by atomic mass is 9.93. The van der Waals surface area contributed by atoms with E-state index in [4.69, 9.17) is 14.5 Å². The number of rotatable bonds is 6. The molecule has 5 nitrogen and oxygen atoms in total. The van der Waals surface area contributed by atoms with Crippen LogP contribution in [-0.4, -0.2) is 32.9 Å². The van der Waals surface area contributed by atoms with Gasteiger partial charge in [-0.3, -0.25) is 9.36 Å². The van der Waals surface area contributed by atoms with E-state index in [-0.39, 0.29) is 0 Å². The van der Waals surface area contributed by atoms with Gasteiger partial charge in [-0.1, -0.05) is 6.92 Å². The molecule has 0 bridgehead atoms. The van der Waals surface area contributed by atoms with Gasteiger partial charge in [0.15, 0.2) is 5.78 Å². The van der Waals surface area contributed by atoms with Crippen LogP contribution in [0.5, 0.6) is 0 Å². The summed E-state index contributed by atoms with van der Waals surface area (Å²) in [7, 11) is -4.48. The number of ether oxygens (including phenoxy) is 1. The highest BCUT2D eigenvalue weighted by Crippen LogP contribution is 2.52. The van der Waals surface area contributed by atoms with E-state index in [1.807, 2.05) is 6.92 Å². The lowest BCUT2D eigenvalue weighted by molar-refractivity contribution is -0.142. The van der Waals surface area contributed by atoms with Crippen LogP contribution in [0.4, 0.5) is 0 Å². The predicted molar refractivity (Wildman–Crippen MR) is 61.5 cm³/mol. The summed E-state index contributed by atoms with van der Waals surface area (Å²) < 4.78 is 16.6. The maximum absolute atomic E-state index is 12.0. The molecule has 96 valence electrons. The number of hydrogen-bond acceptors (Lipinski definition) is 3. The van der Waals surface area contributed by atoms with Crippen molar-refractivity contribution in [2.75, 3.05) is 6.61 Å². The van der Waals surface area contributed by atoms with Gasteiger partial charge in [0.1, 0.15) is 10.8 Å². The molecule has 0 aliphatic rings. The molecule has 0 radical (unpaired) electrons. The third-order valence-corrected chi connectivity index (χ3v) is 4.16. The van der Waals surface area contributed by atoms with Crippen LogP contribution in [0.2, 0.25) is 0 Å². The van der Waals surface area contributed by atoms with Crippen molar-refractivity contribution in [3.63, 3.8) is 0 Å². The monoisotopic (exact) mass is 252 g/mol. The van der Waals surface area contributed by atoms with E-state index in [0.717, 1.165) is 6.42 Å². The molecule has 0 aromatic carbocycles. The van der Waals surface area contributed by atoms with Crippen molar-refractivity contribution < 1.29 is 23.9 Å². The van der Waals surface area contributed by atoms with Gasteiger partial charge in [-0.25, -0.2) is 0 Å². The fourth-order valence-corrected chi connectivity index (χ4v) is 1.83. The van der Waals surface area contributed by atoms with E-state index in [1.165, 1.54) is 27.7 Å². The van der Waals surface area contributed by atoms with Crippen molar-refractivity contribution in [1.82, 2.24) is 0 Å². The molecule has 0 fully saturated rings. The average molecular weight is 252 g/mol. The zero-order valence-electron chi connectivity index (χ0n) is 10.5. The molecule has 0 saturated carbocycles. The highest BCUT2D eigenvalue weighted by Gasteiger charge is 2.50. The topological polar surface area (TPSA) is 83.8 Å². The Morgan fingerprint density at radius 3 is 2.00 bits per heavy atom. The molecule has 0 unspecified atom stereocenters. The van der Waals surface area contributed by atoms with Gasteiger partial charge in [0, 0.05) is 6.61 Å². The van der Waals surface area contributed by atoms with Crippen LogP contribution >= 0.6 is 7.60 Å². The maximum atomic E-state index is 12.0. The summed E-state index contributed by atoms with van der Waals surface area (Å²) in [5.74, 6) is -0.582. The van der Waals surface area contributed by atoms with Gasteiger partial charge in [0.2, 0.25) is 0 Å². The summed E-state index contributed by atoms with van der Waals surface area (Å²) in [4.78, 5) is 30.3. The molecule has 0 saturated heterocycles. The summed E-state index contributed by atoms with van der Waals surface area (Å²) in [6.45, 7) is 7.83. The minimum absolute atomic E-state index is 0.385. The molecule has 6 heteroatoms. The molecular formula is C10H21O5P. The fraction of sp³-hybridized carbons (Fsp3) is 0.900. The zero-order valence-corrected chi connectivity index (χ0v) is 11.4. The van der Waals surface area contributed by atoms with Gasteiger partial charge >= 0.3 is 7.60 Å². The highest BCUT2D eigenvalue weighted by molar-refractivity contribution is 7.54. The van der Waals surface area contributed by atoms with E-state index in [1.54, 1.807) is 0 Å². The molecule has 0 spiro atoms. The van der Waals surface area contributed by atoms with Crippen LogP contribution < -0.4 is 0 Å². The SMILES string of the molecule is CCCOC(C)(C)C(=O)C(C)(C)P(=O)(O)O. The Hall–Kier alpha value is -0.220. The first-order valence-corrected chi connectivity index (χ1v) is 6.82. The molecule has 0 aliphatic heterocycles. The van der Waals surface area contributed by atoms with Crippen molar-refractivity contribution >= 4 is 13.4 Å². The summed E-state index contributed by atoms with van der Waals surface area (Å²) in [5.41, 5.74) is -1.18. The quantitative estimate of drug-likeness (QED) is 0.703. The van der Waals surface area contributed by atoms with Gasteiger partial charge in [0.25, 0.3) is 0 Å². The van der Waals surface area contributed by atoms with E-state index in [9.17, 15) is 9.36 Å². The number of Topliss-reactive ketones (excluding diaryl/α,β-unsaturated/α-hetero) is 1. The van der Waals surface area contributed by atoms with Gasteiger partial charge in [-0.2, -0.15) is 0 Å². The molecule has 0 rings (SSSR count). The normalized spacial score (nSPS) is 13.9. The van der Waals surface area contributed by atoms with Gasteiger partial charge in [-0.05, 0) is 34.1 Å². The molecule has 0 amide bonds. The Bertz CT molecular complexity index is 302. The van der Waals surface area contributed by atoms with Crippen LogP contribution in [0.1, 0.15) is 41.0 Å². The Kier molecular flexibility index (Phi) is 4.89. The average Bonchev–Trinajstić information content (AvgIpc) is 2.11. The fourth-order valence-electron chi connectivity index (χ4n) is 1.29. The third-order valence-electron chi connectivity index (χ3n) is 2.50. The van der Waals surface area contributed by atoms with Crippen molar-refractivity contribution in [2.45, 2.75) is 51.8 Å². The van der Waals surface area contributed by atoms with Crippen molar-refractivity contribution in [1.29, 1.82) is 0 Å². The van der Waals surface area contributed by atoms with E-state index >= 15 is 0 Å². The zero-order chi connectivity index (χ0) is 13.2. The Balaban J connectivity index is 4.99. The maximum Gasteiger partial charge on any atom is 0.338 e. The van der Waals surface area contributed by atoms with E-state index in [2.05, 4.69) is 0 Å². The van der Waals surface area contributed by atoms with Crippen molar-refractivity contribution in [2.24, 2.45) is 0 Å². The lowest BCUT2D eigenvalue weighted by Crippen LogP contribution is -2.47. The number of hydrogen-bond donors (Lipinski definition) is 2. The van der Waals surface area contributed by atoms with Gasteiger partial charge in [0.05, 0.1) is 0 Å². The second kappa shape index (κ2) is 4.96. The first-order chi connectivity index (χ1) is 6.97. The van der Waals surface area contributed by atoms with Gasteiger partial charge in [-0.15, -0.1) is 0 Å². The molecule has 2 N–H and O–H groups in total. The number of ketones is 1. The second-order valence-corrected chi connectivity index (χ2v) is 7.00. The second-order valence-electron chi connectivity index (χ2n) is 4.79. The summed E-state index contributed by atoms with van der Waals surface area (Å²) >= 11 is 0. The Morgan fingerprint density at radius 2 is 1.69 bits per heavy atom. The summed E-state index contributed by atoms with van der Waals surface area (Å²) in [5, 5.41) is -1.72. The predicted octanol–water partition coefficient (Wildman–Crippen LogP) is 1.72. The van der Waals surface area contributed by atoms with Crippen LogP contribution in [0.15, 0.2) is 0 Å². The van der Waals surface area contributed by atoms with E-state index < -0.39 is 24.1 Å². The van der Waals surface area contributed by atoms with E-state index in [0.29, 0.717) is 6.61 Å². The Morgan fingerprint density at radius 1 is 1.25 bits per heavy atom. The molecule has 0 atom stereocenters. The first-order valence-electron chi connectivity index (χ1n) is 5.21. The summed E-state index contributed by atoms with van der Waals surface area (Å²) in [6, 6.07) is 0. The van der Waals surface area contributed by atoms with Crippen LogP contribution in [0.3, 0.4) is 0 Å². The van der Waals surface area contributed by atoms with Crippen LogP contribution in [0, 0.1) is 0 Å². The van der Waals surface area contributed by atoms with Gasteiger partial charge < -0.3 is 14.5 Å². The first kappa shape index (κ1) is 15.8. The van der Waals surface area contributed by atoms with Crippen molar-refractivity contribution in [3.8, 4) is 0 Å². The highest BCUT2D eigenvalue weighted by atomic mass is 31.2. The summed E-state index contributed by atoms with van der Waals surface area (Å²) in [6.07, 6.45) is 0.743. The van der Waals surface area contributed by atoms with Crippen molar-refractivity contribution in [3.05, 3.63) is 0 Å².